The van der Waals surface area contributed by atoms with Gasteiger partial charge in [-0.3, -0.25) is 9.69 Å². The molecule has 1 aromatic rings. The Balaban J connectivity index is 2.20. The number of likely N-dealkylation sites (tertiary alicyclic amines) is 1. The molecule has 1 heterocycles. The topological polar surface area (TPSA) is 29.5 Å². The average Bonchev–Trinajstić information content (AvgIpc) is 2.49. The fourth-order valence-electron chi connectivity index (χ4n) is 2.88. The number of rotatable bonds is 5. The molecule has 0 bridgehead atoms. The van der Waals surface area contributed by atoms with Crippen molar-refractivity contribution in [2.45, 2.75) is 45.6 Å². The molecule has 1 aliphatic heterocycles. The van der Waals surface area contributed by atoms with Crippen LogP contribution in [0.1, 0.15) is 49.8 Å². The highest BCUT2D eigenvalue weighted by molar-refractivity contribution is 5.70. The van der Waals surface area contributed by atoms with Gasteiger partial charge in [-0.25, -0.2) is 4.39 Å². The van der Waals surface area contributed by atoms with Crippen LogP contribution in [-0.4, -0.2) is 30.6 Å². The Hall–Kier alpha value is -1.42. The molecule has 21 heavy (non-hydrogen) atoms. The van der Waals surface area contributed by atoms with Gasteiger partial charge in [-0.2, -0.15) is 0 Å². The molecule has 1 aliphatic rings. The zero-order valence-corrected chi connectivity index (χ0v) is 12.9. The highest BCUT2D eigenvalue weighted by Crippen LogP contribution is 2.29. The molecule has 116 valence electrons. The predicted octanol–water partition coefficient (Wildman–Crippen LogP) is 3.61. The second-order valence-corrected chi connectivity index (χ2v) is 5.63. The summed E-state index contributed by atoms with van der Waals surface area (Å²) in [7, 11) is 0. The van der Waals surface area contributed by atoms with Crippen molar-refractivity contribution < 1.29 is 13.9 Å². The quantitative estimate of drug-likeness (QED) is 0.777. The summed E-state index contributed by atoms with van der Waals surface area (Å²) in [5.74, 6) is -0.424. The summed E-state index contributed by atoms with van der Waals surface area (Å²) < 4.78 is 18.9. The van der Waals surface area contributed by atoms with Gasteiger partial charge in [-0.1, -0.05) is 18.6 Å². The van der Waals surface area contributed by atoms with E-state index in [2.05, 4.69) is 4.90 Å². The van der Waals surface area contributed by atoms with Gasteiger partial charge in [0.2, 0.25) is 0 Å². The maximum atomic E-state index is 13.9. The number of aryl methyl sites for hydroxylation is 1. The van der Waals surface area contributed by atoms with Gasteiger partial charge < -0.3 is 4.74 Å². The van der Waals surface area contributed by atoms with Gasteiger partial charge in [0, 0.05) is 6.04 Å². The third kappa shape index (κ3) is 4.27. The molecular formula is C17H24FNO2. The fraction of sp³-hybridized carbons (Fsp3) is 0.588. The number of carbonyl (C=O) groups excluding carboxylic acids is 1. The van der Waals surface area contributed by atoms with Crippen LogP contribution in [0, 0.1) is 12.7 Å². The molecule has 2 rings (SSSR count). The van der Waals surface area contributed by atoms with E-state index in [1.807, 2.05) is 6.07 Å². The molecule has 0 aliphatic carbocycles. The van der Waals surface area contributed by atoms with E-state index in [1.54, 1.807) is 26.0 Å². The minimum absolute atomic E-state index is 0.0838. The zero-order chi connectivity index (χ0) is 15.2. The number of carbonyl (C=O) groups is 1. The second-order valence-electron chi connectivity index (χ2n) is 5.63. The van der Waals surface area contributed by atoms with Crippen molar-refractivity contribution in [2.24, 2.45) is 0 Å². The smallest absolute Gasteiger partial charge is 0.307 e. The lowest BCUT2D eigenvalue weighted by molar-refractivity contribution is -0.144. The molecule has 1 fully saturated rings. The summed E-state index contributed by atoms with van der Waals surface area (Å²) in [5, 5.41) is 0. The number of benzene rings is 1. The summed E-state index contributed by atoms with van der Waals surface area (Å²) >= 11 is 0. The number of hydrogen-bond acceptors (Lipinski definition) is 3. The molecule has 4 heteroatoms. The average molecular weight is 293 g/mol. The van der Waals surface area contributed by atoms with Crippen molar-refractivity contribution in [3.8, 4) is 0 Å². The number of ether oxygens (including phenoxy) is 1. The van der Waals surface area contributed by atoms with Crippen LogP contribution in [0.15, 0.2) is 18.2 Å². The first-order valence-corrected chi connectivity index (χ1v) is 7.77. The molecule has 1 unspecified atom stereocenters. The van der Waals surface area contributed by atoms with E-state index in [1.165, 1.54) is 6.42 Å². The van der Waals surface area contributed by atoms with Gasteiger partial charge in [-0.15, -0.1) is 0 Å². The lowest BCUT2D eigenvalue weighted by atomic mass is 9.98. The molecular weight excluding hydrogens is 269 g/mol. The van der Waals surface area contributed by atoms with Crippen LogP contribution in [0.2, 0.25) is 0 Å². The summed E-state index contributed by atoms with van der Waals surface area (Å²) in [6.45, 7) is 5.85. The van der Waals surface area contributed by atoms with Gasteiger partial charge in [0.25, 0.3) is 0 Å². The number of hydrogen-bond donors (Lipinski definition) is 0. The van der Waals surface area contributed by atoms with Crippen LogP contribution >= 0.6 is 0 Å². The van der Waals surface area contributed by atoms with E-state index in [0.29, 0.717) is 12.2 Å². The summed E-state index contributed by atoms with van der Waals surface area (Å²) in [6.07, 6.45) is 3.78. The maximum absolute atomic E-state index is 13.9. The maximum Gasteiger partial charge on any atom is 0.307 e. The molecule has 0 radical (unpaired) electrons. The van der Waals surface area contributed by atoms with E-state index in [0.717, 1.165) is 31.5 Å². The first-order valence-electron chi connectivity index (χ1n) is 7.77. The van der Waals surface area contributed by atoms with E-state index >= 15 is 0 Å². The van der Waals surface area contributed by atoms with Crippen LogP contribution in [0.3, 0.4) is 0 Å². The first kappa shape index (κ1) is 16.0. The Labute approximate surface area is 126 Å². The van der Waals surface area contributed by atoms with Gasteiger partial charge >= 0.3 is 5.97 Å². The number of piperidine rings is 1. The fourth-order valence-corrected chi connectivity index (χ4v) is 2.88. The molecule has 1 aromatic carbocycles. The Bertz CT molecular complexity index is 484. The largest absolute Gasteiger partial charge is 0.466 e. The number of esters is 1. The molecule has 0 aromatic heterocycles. The lowest BCUT2D eigenvalue weighted by Gasteiger charge is -2.34. The highest BCUT2D eigenvalue weighted by atomic mass is 19.1. The Morgan fingerprint density at radius 2 is 2.05 bits per heavy atom. The lowest BCUT2D eigenvalue weighted by Crippen LogP contribution is -2.35. The van der Waals surface area contributed by atoms with E-state index in [-0.39, 0.29) is 24.2 Å². The van der Waals surface area contributed by atoms with E-state index in [9.17, 15) is 9.18 Å². The van der Waals surface area contributed by atoms with Crippen LogP contribution in [0.4, 0.5) is 4.39 Å². The SMILES string of the molecule is CCOC(=O)CC(c1ccc(C)c(F)c1)N1CCCCC1. The predicted molar refractivity (Wildman–Crippen MR) is 80.6 cm³/mol. The minimum atomic E-state index is -0.214. The minimum Gasteiger partial charge on any atom is -0.466 e. The van der Waals surface area contributed by atoms with Gasteiger partial charge in [0.1, 0.15) is 5.82 Å². The monoisotopic (exact) mass is 293 g/mol. The third-order valence-corrected chi connectivity index (χ3v) is 4.08. The van der Waals surface area contributed by atoms with Gasteiger partial charge in [0.05, 0.1) is 13.0 Å². The third-order valence-electron chi connectivity index (χ3n) is 4.08. The summed E-state index contributed by atoms with van der Waals surface area (Å²) in [5.41, 5.74) is 1.50. The zero-order valence-electron chi connectivity index (χ0n) is 12.9. The molecule has 1 atom stereocenters. The van der Waals surface area contributed by atoms with Crippen molar-refractivity contribution in [2.75, 3.05) is 19.7 Å². The Kier molecular flexibility index (Phi) is 5.74. The molecule has 0 amide bonds. The van der Waals surface area contributed by atoms with Gasteiger partial charge in [0.15, 0.2) is 0 Å². The first-order chi connectivity index (χ1) is 10.1. The molecule has 3 nitrogen and oxygen atoms in total. The van der Waals surface area contributed by atoms with Crippen LogP contribution in [0.5, 0.6) is 0 Å². The normalized spacial score (nSPS) is 17.5. The van der Waals surface area contributed by atoms with Crippen molar-refractivity contribution in [3.05, 3.63) is 35.1 Å². The van der Waals surface area contributed by atoms with Crippen molar-refractivity contribution in [1.29, 1.82) is 0 Å². The van der Waals surface area contributed by atoms with Gasteiger partial charge in [-0.05, 0) is 57.0 Å². The Morgan fingerprint density at radius 3 is 2.67 bits per heavy atom. The second kappa shape index (κ2) is 7.55. The highest BCUT2D eigenvalue weighted by Gasteiger charge is 2.25. The standard InChI is InChI=1S/C17H24FNO2/c1-3-21-17(20)12-16(19-9-5-4-6-10-19)14-8-7-13(2)15(18)11-14/h7-8,11,16H,3-6,9-10,12H2,1-2H3. The molecule has 1 saturated heterocycles. The van der Waals surface area contributed by atoms with Crippen molar-refractivity contribution >= 4 is 5.97 Å². The van der Waals surface area contributed by atoms with E-state index in [4.69, 9.17) is 4.74 Å². The Morgan fingerprint density at radius 1 is 1.33 bits per heavy atom. The van der Waals surface area contributed by atoms with E-state index < -0.39 is 0 Å². The number of halogens is 1. The molecule has 0 spiro atoms. The molecule has 0 N–H and O–H groups in total. The van der Waals surface area contributed by atoms with Crippen molar-refractivity contribution in [1.82, 2.24) is 4.90 Å². The van der Waals surface area contributed by atoms with Crippen molar-refractivity contribution in [3.63, 3.8) is 0 Å². The van der Waals surface area contributed by atoms with Crippen LogP contribution in [0.25, 0.3) is 0 Å². The van der Waals surface area contributed by atoms with Crippen LogP contribution < -0.4 is 0 Å². The number of nitrogens with zero attached hydrogens (tertiary/aromatic N) is 1. The van der Waals surface area contributed by atoms with Crippen LogP contribution in [-0.2, 0) is 9.53 Å². The summed E-state index contributed by atoms with van der Waals surface area (Å²) in [6, 6.07) is 5.19. The summed E-state index contributed by atoms with van der Waals surface area (Å²) in [4.78, 5) is 14.2. The molecule has 0 saturated carbocycles.